The Bertz CT molecular complexity index is 480. The van der Waals surface area contributed by atoms with Crippen LogP contribution in [0.3, 0.4) is 0 Å². The Morgan fingerprint density at radius 1 is 1.11 bits per heavy atom. The first-order valence-electron chi connectivity index (χ1n) is 6.68. The van der Waals surface area contributed by atoms with Crippen LogP contribution in [0.15, 0.2) is 0 Å². The molecule has 1 fully saturated rings. The fourth-order valence-corrected chi connectivity index (χ4v) is 4.92. The van der Waals surface area contributed by atoms with Gasteiger partial charge in [0.1, 0.15) is 9.84 Å². The van der Waals surface area contributed by atoms with Gasteiger partial charge in [-0.2, -0.15) is 8.42 Å². The van der Waals surface area contributed by atoms with E-state index in [0.29, 0.717) is 12.3 Å². The average Bonchev–Trinajstić information content (AvgIpc) is 2.22. The van der Waals surface area contributed by atoms with Crippen molar-refractivity contribution in [2.45, 2.75) is 44.8 Å². The predicted molar refractivity (Wildman–Crippen MR) is 75.2 cm³/mol. The van der Waals surface area contributed by atoms with E-state index in [2.05, 4.69) is 6.92 Å². The normalized spacial score (nSPS) is 29.3. The van der Waals surface area contributed by atoms with E-state index in [1.54, 1.807) is 0 Å². The SMILES string of the molecule is CC1CCC(S(=O)(=O)OCCCS(C)(=O)=O)C(C)C1. The standard InChI is InChI=1S/C12H24O5S2/c1-10-5-6-12(11(2)9-10)19(15,16)17-7-4-8-18(3,13)14/h10-12H,4-9H2,1-3H3. The van der Waals surface area contributed by atoms with Gasteiger partial charge in [0.15, 0.2) is 0 Å². The van der Waals surface area contributed by atoms with Crippen LogP contribution < -0.4 is 0 Å². The van der Waals surface area contributed by atoms with Gasteiger partial charge in [0.05, 0.1) is 17.6 Å². The van der Waals surface area contributed by atoms with E-state index >= 15 is 0 Å². The molecule has 0 saturated heterocycles. The smallest absolute Gasteiger partial charge is 0.270 e. The maximum Gasteiger partial charge on any atom is 0.270 e. The predicted octanol–water partition coefficient (Wildman–Crippen LogP) is 1.59. The van der Waals surface area contributed by atoms with Crippen molar-refractivity contribution in [3.05, 3.63) is 0 Å². The Balaban J connectivity index is 2.47. The first-order chi connectivity index (χ1) is 8.62. The number of hydrogen-bond acceptors (Lipinski definition) is 5. The molecule has 0 amide bonds. The van der Waals surface area contributed by atoms with Crippen molar-refractivity contribution in [1.82, 2.24) is 0 Å². The van der Waals surface area contributed by atoms with Gasteiger partial charge in [-0.25, -0.2) is 8.42 Å². The van der Waals surface area contributed by atoms with Crippen LogP contribution in [0.1, 0.15) is 39.5 Å². The van der Waals surface area contributed by atoms with Crippen LogP contribution in [0.4, 0.5) is 0 Å². The zero-order valence-corrected chi connectivity index (χ0v) is 13.5. The van der Waals surface area contributed by atoms with Crippen molar-refractivity contribution in [3.8, 4) is 0 Å². The van der Waals surface area contributed by atoms with Gasteiger partial charge in [-0.05, 0) is 37.5 Å². The van der Waals surface area contributed by atoms with Crippen molar-refractivity contribution < 1.29 is 21.0 Å². The molecular formula is C12H24O5S2. The van der Waals surface area contributed by atoms with Gasteiger partial charge >= 0.3 is 0 Å². The molecule has 0 aromatic rings. The molecule has 0 bridgehead atoms. The second-order valence-electron chi connectivity index (χ2n) is 5.73. The zero-order valence-electron chi connectivity index (χ0n) is 11.8. The summed E-state index contributed by atoms with van der Waals surface area (Å²) in [7, 11) is -6.63. The highest BCUT2D eigenvalue weighted by Crippen LogP contribution is 2.33. The van der Waals surface area contributed by atoms with E-state index in [1.807, 2.05) is 6.92 Å². The molecular weight excluding hydrogens is 288 g/mol. The van der Waals surface area contributed by atoms with Gasteiger partial charge in [0, 0.05) is 6.26 Å². The summed E-state index contributed by atoms with van der Waals surface area (Å²) in [6.45, 7) is 4.03. The summed E-state index contributed by atoms with van der Waals surface area (Å²) in [6.07, 6.45) is 3.79. The molecule has 1 saturated carbocycles. The number of hydrogen-bond donors (Lipinski definition) is 0. The van der Waals surface area contributed by atoms with Crippen LogP contribution in [0.2, 0.25) is 0 Å². The lowest BCUT2D eigenvalue weighted by molar-refractivity contribution is 0.261. The van der Waals surface area contributed by atoms with Crippen molar-refractivity contribution >= 4 is 20.0 Å². The summed E-state index contributed by atoms with van der Waals surface area (Å²) >= 11 is 0. The highest BCUT2D eigenvalue weighted by molar-refractivity contribution is 7.90. The molecule has 0 aromatic carbocycles. The second kappa shape index (κ2) is 6.54. The molecule has 0 radical (unpaired) electrons. The monoisotopic (exact) mass is 312 g/mol. The Morgan fingerprint density at radius 3 is 2.26 bits per heavy atom. The minimum absolute atomic E-state index is 0.0419. The maximum absolute atomic E-state index is 12.1. The molecule has 114 valence electrons. The summed E-state index contributed by atoms with van der Waals surface area (Å²) in [5.74, 6) is 0.620. The van der Waals surface area contributed by atoms with Crippen LogP contribution in [-0.4, -0.2) is 40.7 Å². The lowest BCUT2D eigenvalue weighted by Crippen LogP contribution is -2.35. The van der Waals surface area contributed by atoms with Crippen molar-refractivity contribution in [2.24, 2.45) is 11.8 Å². The van der Waals surface area contributed by atoms with Gasteiger partial charge < -0.3 is 0 Å². The van der Waals surface area contributed by atoms with Crippen molar-refractivity contribution in [3.63, 3.8) is 0 Å². The lowest BCUT2D eigenvalue weighted by atomic mass is 9.83. The van der Waals surface area contributed by atoms with Crippen molar-refractivity contribution in [2.75, 3.05) is 18.6 Å². The fraction of sp³-hybridized carbons (Fsp3) is 1.00. The maximum atomic E-state index is 12.1. The lowest BCUT2D eigenvalue weighted by Gasteiger charge is -2.31. The summed E-state index contributed by atoms with van der Waals surface area (Å²) in [4.78, 5) is 0. The molecule has 7 heteroatoms. The molecule has 1 aliphatic rings. The molecule has 1 aliphatic carbocycles. The molecule has 19 heavy (non-hydrogen) atoms. The summed E-state index contributed by atoms with van der Waals surface area (Å²) in [5, 5.41) is -0.443. The molecule has 3 atom stereocenters. The second-order valence-corrected chi connectivity index (χ2v) is 9.82. The Kier molecular flexibility index (Phi) is 5.82. The summed E-state index contributed by atoms with van der Waals surface area (Å²) in [6, 6.07) is 0. The highest BCUT2D eigenvalue weighted by atomic mass is 32.2. The molecule has 0 spiro atoms. The molecule has 5 nitrogen and oxygen atoms in total. The van der Waals surface area contributed by atoms with E-state index in [9.17, 15) is 16.8 Å². The van der Waals surface area contributed by atoms with E-state index < -0.39 is 25.2 Å². The molecule has 0 aliphatic heterocycles. The van der Waals surface area contributed by atoms with E-state index in [-0.39, 0.29) is 24.7 Å². The van der Waals surface area contributed by atoms with Crippen molar-refractivity contribution in [1.29, 1.82) is 0 Å². The number of sulfone groups is 1. The zero-order chi connectivity index (χ0) is 14.7. The van der Waals surface area contributed by atoms with Gasteiger partial charge in [-0.1, -0.05) is 13.8 Å². The fourth-order valence-electron chi connectivity index (χ4n) is 2.65. The molecule has 3 unspecified atom stereocenters. The minimum atomic E-state index is -3.57. The third kappa shape index (κ3) is 5.79. The average molecular weight is 312 g/mol. The van der Waals surface area contributed by atoms with Crippen LogP contribution in [0.5, 0.6) is 0 Å². The topological polar surface area (TPSA) is 77.5 Å². The Labute approximate surface area is 116 Å². The first kappa shape index (κ1) is 16.9. The third-order valence-electron chi connectivity index (χ3n) is 3.63. The molecule has 1 rings (SSSR count). The van der Waals surface area contributed by atoms with Gasteiger partial charge in [0.2, 0.25) is 0 Å². The highest BCUT2D eigenvalue weighted by Gasteiger charge is 2.35. The van der Waals surface area contributed by atoms with E-state index in [4.69, 9.17) is 4.18 Å². The van der Waals surface area contributed by atoms with Gasteiger partial charge in [0.25, 0.3) is 10.1 Å². The third-order valence-corrected chi connectivity index (χ3v) is 6.60. The Morgan fingerprint density at radius 2 is 1.74 bits per heavy atom. The van der Waals surface area contributed by atoms with E-state index in [0.717, 1.165) is 19.1 Å². The Hall–Kier alpha value is -0.140. The summed E-state index contributed by atoms with van der Waals surface area (Å²) < 4.78 is 51.0. The quantitative estimate of drug-likeness (QED) is 0.550. The molecule has 0 aromatic heterocycles. The largest absolute Gasteiger partial charge is 0.270 e. The molecule has 0 N–H and O–H groups in total. The van der Waals surface area contributed by atoms with E-state index in [1.165, 1.54) is 0 Å². The molecule has 0 heterocycles. The van der Waals surface area contributed by atoms with Crippen LogP contribution >= 0.6 is 0 Å². The van der Waals surface area contributed by atoms with Crippen LogP contribution in [-0.2, 0) is 24.1 Å². The first-order valence-corrected chi connectivity index (χ1v) is 10.2. The summed E-state index contributed by atoms with van der Waals surface area (Å²) in [5.41, 5.74) is 0. The van der Waals surface area contributed by atoms with Gasteiger partial charge in [-0.15, -0.1) is 0 Å². The van der Waals surface area contributed by atoms with Crippen LogP contribution in [0, 0.1) is 11.8 Å². The minimum Gasteiger partial charge on any atom is -0.270 e. The van der Waals surface area contributed by atoms with Gasteiger partial charge in [-0.3, -0.25) is 4.18 Å². The number of rotatable bonds is 6. The van der Waals surface area contributed by atoms with Crippen LogP contribution in [0.25, 0.3) is 0 Å².